The van der Waals surface area contributed by atoms with Crippen LogP contribution in [0.4, 0.5) is 24.7 Å². The number of fused-ring (bicyclic) bond motifs is 1. The van der Waals surface area contributed by atoms with E-state index < -0.39 is 27.5 Å². The zero-order valence-corrected chi connectivity index (χ0v) is 18.9. The maximum Gasteiger partial charge on any atom is 0.534 e. The number of amides is 1. The van der Waals surface area contributed by atoms with Gasteiger partial charge in [-0.2, -0.15) is 21.6 Å². The van der Waals surface area contributed by atoms with Crippen molar-refractivity contribution < 1.29 is 30.6 Å². The number of carbonyl (C=O) groups is 1. The van der Waals surface area contributed by atoms with E-state index >= 15 is 0 Å². The van der Waals surface area contributed by atoms with Gasteiger partial charge in [-0.15, -0.1) is 0 Å². The highest BCUT2D eigenvalue weighted by Crippen LogP contribution is 2.49. The Morgan fingerprint density at radius 2 is 1.88 bits per heavy atom. The Kier molecular flexibility index (Phi) is 5.75. The van der Waals surface area contributed by atoms with Crippen molar-refractivity contribution in [3.63, 3.8) is 0 Å². The summed E-state index contributed by atoms with van der Waals surface area (Å²) in [6.45, 7) is 5.16. The number of aromatic nitrogens is 2. The first kappa shape index (κ1) is 23.3. The number of halogens is 3. The number of aryl methyl sites for hydroxylation is 1. The second kappa shape index (κ2) is 8.15. The van der Waals surface area contributed by atoms with E-state index in [4.69, 9.17) is 0 Å². The summed E-state index contributed by atoms with van der Waals surface area (Å²) in [7, 11) is -5.89. The van der Waals surface area contributed by atoms with Crippen LogP contribution in [0.5, 0.6) is 5.88 Å². The van der Waals surface area contributed by atoms with E-state index in [0.29, 0.717) is 11.5 Å². The largest absolute Gasteiger partial charge is 0.534 e. The Balaban J connectivity index is 1.81. The van der Waals surface area contributed by atoms with Crippen molar-refractivity contribution >= 4 is 27.5 Å². The number of nitrogens with one attached hydrogen (secondary N) is 1. The van der Waals surface area contributed by atoms with Crippen LogP contribution in [0.1, 0.15) is 44.1 Å². The average Bonchev–Trinajstić information content (AvgIpc) is 3.53. The second-order valence-electron chi connectivity index (χ2n) is 8.40. The smallest absolute Gasteiger partial charge is 0.361 e. The molecule has 1 aliphatic carbocycles. The topological polar surface area (TPSA) is 101 Å². The molecule has 12 heteroatoms. The molecule has 1 aliphatic heterocycles. The molecule has 1 amide bonds. The monoisotopic (exact) mass is 484 g/mol. The maximum atomic E-state index is 12.8. The van der Waals surface area contributed by atoms with Crippen LogP contribution in [0, 0.1) is 18.8 Å². The van der Waals surface area contributed by atoms with Gasteiger partial charge in [0, 0.05) is 30.6 Å². The van der Waals surface area contributed by atoms with E-state index in [1.165, 1.54) is 13.0 Å². The SMILES string of the molecule is CC(=O)N1c2ccc(OS(=O)(=O)C(F)(F)F)nc2C(Nc2cccc(C)n2)[C@@H](C)[C@@H]1C1CC1. The molecule has 0 bridgehead atoms. The van der Waals surface area contributed by atoms with Crippen LogP contribution in [0.3, 0.4) is 0 Å². The van der Waals surface area contributed by atoms with Gasteiger partial charge in [0.15, 0.2) is 0 Å². The third-order valence-electron chi connectivity index (χ3n) is 5.91. The van der Waals surface area contributed by atoms with Gasteiger partial charge in [0.05, 0.1) is 17.4 Å². The molecule has 33 heavy (non-hydrogen) atoms. The summed E-state index contributed by atoms with van der Waals surface area (Å²) in [5.74, 6) is -0.340. The Bertz CT molecular complexity index is 1180. The number of pyridine rings is 2. The summed E-state index contributed by atoms with van der Waals surface area (Å²) in [5, 5.41) is 3.28. The van der Waals surface area contributed by atoms with Crippen LogP contribution in [-0.4, -0.2) is 35.8 Å². The third kappa shape index (κ3) is 4.48. The van der Waals surface area contributed by atoms with Crippen LogP contribution in [-0.2, 0) is 14.9 Å². The molecular formula is C21H23F3N4O4S. The summed E-state index contributed by atoms with van der Waals surface area (Å²) >= 11 is 0. The number of hydrogen-bond acceptors (Lipinski definition) is 7. The van der Waals surface area contributed by atoms with Crippen molar-refractivity contribution in [2.45, 2.75) is 51.2 Å². The number of carbonyl (C=O) groups excluding carboxylic acids is 1. The molecule has 2 aromatic rings. The summed E-state index contributed by atoms with van der Waals surface area (Å²) in [5.41, 5.74) is -4.22. The number of nitrogens with zero attached hydrogens (tertiary/aromatic N) is 3. The summed E-state index contributed by atoms with van der Waals surface area (Å²) in [6.07, 6.45) is 1.92. The van der Waals surface area contributed by atoms with Gasteiger partial charge in [0.2, 0.25) is 11.8 Å². The van der Waals surface area contributed by atoms with E-state index in [-0.39, 0.29) is 29.5 Å². The fourth-order valence-electron chi connectivity index (χ4n) is 4.37. The molecule has 8 nitrogen and oxygen atoms in total. The van der Waals surface area contributed by atoms with E-state index in [0.717, 1.165) is 24.6 Å². The molecule has 0 spiro atoms. The van der Waals surface area contributed by atoms with Crippen molar-refractivity contribution in [2.75, 3.05) is 10.2 Å². The van der Waals surface area contributed by atoms with E-state index in [9.17, 15) is 26.4 Å². The Labute approximate surface area is 189 Å². The molecule has 0 radical (unpaired) electrons. The molecule has 2 aromatic heterocycles. The average molecular weight is 485 g/mol. The van der Waals surface area contributed by atoms with Gasteiger partial charge >= 0.3 is 15.6 Å². The molecule has 1 fully saturated rings. The van der Waals surface area contributed by atoms with Gasteiger partial charge < -0.3 is 14.4 Å². The molecule has 1 unspecified atom stereocenters. The van der Waals surface area contributed by atoms with Crippen LogP contribution in [0.2, 0.25) is 0 Å². The lowest BCUT2D eigenvalue weighted by molar-refractivity contribution is -0.117. The lowest BCUT2D eigenvalue weighted by Gasteiger charge is -2.45. The first-order valence-corrected chi connectivity index (χ1v) is 11.8. The zero-order valence-electron chi connectivity index (χ0n) is 18.1. The first-order valence-electron chi connectivity index (χ1n) is 10.4. The van der Waals surface area contributed by atoms with E-state index in [1.807, 2.05) is 26.0 Å². The third-order valence-corrected chi connectivity index (χ3v) is 6.87. The van der Waals surface area contributed by atoms with Gasteiger partial charge in [-0.3, -0.25) is 4.79 Å². The Morgan fingerprint density at radius 3 is 2.45 bits per heavy atom. The molecule has 3 atom stereocenters. The van der Waals surface area contributed by atoms with Crippen molar-refractivity contribution in [1.29, 1.82) is 0 Å². The normalized spacial score (nSPS) is 23.1. The molecule has 0 aromatic carbocycles. The second-order valence-corrected chi connectivity index (χ2v) is 9.94. The maximum absolute atomic E-state index is 12.8. The van der Waals surface area contributed by atoms with Gasteiger partial charge in [0.25, 0.3) is 0 Å². The summed E-state index contributed by atoms with van der Waals surface area (Å²) in [6, 6.07) is 7.09. The predicted octanol–water partition coefficient (Wildman–Crippen LogP) is 3.95. The van der Waals surface area contributed by atoms with Crippen molar-refractivity contribution in [1.82, 2.24) is 9.97 Å². The molecule has 3 heterocycles. The quantitative estimate of drug-likeness (QED) is 0.507. The fraction of sp³-hybridized carbons (Fsp3) is 0.476. The van der Waals surface area contributed by atoms with E-state index in [1.54, 1.807) is 11.0 Å². The van der Waals surface area contributed by atoms with Crippen LogP contribution in [0.15, 0.2) is 30.3 Å². The summed E-state index contributed by atoms with van der Waals surface area (Å²) in [4.78, 5) is 22.8. The van der Waals surface area contributed by atoms with Crippen LogP contribution in [0.25, 0.3) is 0 Å². The number of rotatable bonds is 5. The van der Waals surface area contributed by atoms with Gasteiger partial charge in [-0.05, 0) is 43.9 Å². The minimum atomic E-state index is -5.89. The number of anilines is 2. The highest BCUT2D eigenvalue weighted by Gasteiger charge is 2.50. The molecular weight excluding hydrogens is 461 g/mol. The Hall–Kier alpha value is -2.89. The van der Waals surface area contributed by atoms with Gasteiger partial charge in [-0.25, -0.2) is 9.97 Å². The number of hydrogen-bond donors (Lipinski definition) is 1. The molecule has 1 saturated carbocycles. The molecule has 1 N–H and O–H groups in total. The molecule has 178 valence electrons. The minimum Gasteiger partial charge on any atom is -0.361 e. The van der Waals surface area contributed by atoms with E-state index in [2.05, 4.69) is 19.5 Å². The summed E-state index contributed by atoms with van der Waals surface area (Å²) < 4.78 is 65.7. The van der Waals surface area contributed by atoms with Crippen molar-refractivity contribution in [3.05, 3.63) is 41.7 Å². The molecule has 4 rings (SSSR count). The Morgan fingerprint density at radius 1 is 1.18 bits per heavy atom. The van der Waals surface area contributed by atoms with Crippen LogP contribution < -0.4 is 14.4 Å². The predicted molar refractivity (Wildman–Crippen MR) is 114 cm³/mol. The number of alkyl halides is 3. The van der Waals surface area contributed by atoms with Gasteiger partial charge in [-0.1, -0.05) is 13.0 Å². The first-order chi connectivity index (χ1) is 15.4. The van der Waals surface area contributed by atoms with Crippen molar-refractivity contribution in [2.24, 2.45) is 11.8 Å². The molecule has 0 saturated heterocycles. The highest BCUT2D eigenvalue weighted by atomic mass is 32.2. The fourth-order valence-corrected chi connectivity index (χ4v) is 4.78. The van der Waals surface area contributed by atoms with Crippen molar-refractivity contribution in [3.8, 4) is 5.88 Å². The highest BCUT2D eigenvalue weighted by molar-refractivity contribution is 7.87. The van der Waals surface area contributed by atoms with Gasteiger partial charge in [0.1, 0.15) is 5.82 Å². The lowest BCUT2D eigenvalue weighted by Crippen LogP contribution is -2.51. The molecule has 2 aliphatic rings. The lowest BCUT2D eigenvalue weighted by atomic mass is 9.82. The van der Waals surface area contributed by atoms with Crippen LogP contribution >= 0.6 is 0 Å². The zero-order chi connectivity index (χ0) is 24.1. The standard InChI is InChI=1S/C21H23F3N4O4S/c1-11-5-4-6-16(25-11)26-18-12(2)20(14-7-8-14)28(13(3)29)15-9-10-17(27-19(15)18)32-33(30,31)21(22,23)24/h4-6,9-10,12,14,18,20H,7-8H2,1-3H3,(H,25,26)/t12-,18?,20-/m1/s1. The minimum absolute atomic E-state index is 0.148.